The Labute approximate surface area is 119 Å². The molecular weight excluding hydrogens is 238 g/mol. The molecule has 0 bridgehead atoms. The van der Waals surface area contributed by atoms with E-state index in [9.17, 15) is 4.91 Å². The number of hydrogen-bond donors (Lipinski definition) is 0. The van der Waals surface area contributed by atoms with Crippen LogP contribution in [0.15, 0.2) is 5.18 Å². The second-order valence-corrected chi connectivity index (χ2v) is 6.14. The van der Waals surface area contributed by atoms with Crippen molar-refractivity contribution in [2.45, 2.75) is 90.5 Å². The highest BCUT2D eigenvalue weighted by Gasteiger charge is 2.17. The van der Waals surface area contributed by atoms with E-state index in [-0.39, 0.29) is 0 Å². The SMILES string of the molecule is CCCCCCCCCCCCOCC(C)(C)N=O. The quantitative estimate of drug-likeness (QED) is 0.310. The Morgan fingerprint density at radius 3 is 1.79 bits per heavy atom. The van der Waals surface area contributed by atoms with Crippen molar-refractivity contribution in [3.05, 3.63) is 4.91 Å². The zero-order valence-electron chi connectivity index (χ0n) is 13.2. The van der Waals surface area contributed by atoms with Crippen molar-refractivity contribution in [1.82, 2.24) is 0 Å². The first-order chi connectivity index (χ1) is 9.12. The summed E-state index contributed by atoms with van der Waals surface area (Å²) in [5.74, 6) is 0. The van der Waals surface area contributed by atoms with Gasteiger partial charge in [-0.15, -0.1) is 0 Å². The fraction of sp³-hybridized carbons (Fsp3) is 1.00. The molecule has 0 aromatic heterocycles. The Morgan fingerprint density at radius 2 is 1.32 bits per heavy atom. The van der Waals surface area contributed by atoms with Crippen molar-refractivity contribution in [3.63, 3.8) is 0 Å². The van der Waals surface area contributed by atoms with Crippen LogP contribution in [0.2, 0.25) is 0 Å². The second-order valence-electron chi connectivity index (χ2n) is 6.14. The molecule has 3 nitrogen and oxygen atoms in total. The summed E-state index contributed by atoms with van der Waals surface area (Å²) >= 11 is 0. The summed E-state index contributed by atoms with van der Waals surface area (Å²) in [5.41, 5.74) is -0.571. The fourth-order valence-corrected chi connectivity index (χ4v) is 2.04. The van der Waals surface area contributed by atoms with Gasteiger partial charge in [0.2, 0.25) is 0 Å². The van der Waals surface area contributed by atoms with Gasteiger partial charge in [-0.05, 0) is 20.3 Å². The van der Waals surface area contributed by atoms with Crippen LogP contribution >= 0.6 is 0 Å². The molecule has 0 N–H and O–H groups in total. The topological polar surface area (TPSA) is 38.7 Å². The number of unbranched alkanes of at least 4 members (excludes halogenated alkanes) is 9. The first kappa shape index (κ1) is 18.6. The maximum atomic E-state index is 10.4. The van der Waals surface area contributed by atoms with E-state index in [2.05, 4.69) is 12.1 Å². The highest BCUT2D eigenvalue weighted by molar-refractivity contribution is 4.75. The van der Waals surface area contributed by atoms with E-state index in [0.29, 0.717) is 6.61 Å². The van der Waals surface area contributed by atoms with Gasteiger partial charge in [-0.3, -0.25) is 0 Å². The highest BCUT2D eigenvalue weighted by Crippen LogP contribution is 2.11. The van der Waals surface area contributed by atoms with E-state index < -0.39 is 5.54 Å². The Balaban J connectivity index is 3.09. The molecule has 0 heterocycles. The largest absolute Gasteiger partial charge is 0.379 e. The molecule has 0 aliphatic heterocycles. The zero-order chi connectivity index (χ0) is 14.4. The van der Waals surface area contributed by atoms with Crippen LogP contribution in [0.3, 0.4) is 0 Å². The molecule has 0 amide bonds. The molecule has 0 aromatic rings. The maximum absolute atomic E-state index is 10.4. The van der Waals surface area contributed by atoms with Crippen molar-refractivity contribution in [3.8, 4) is 0 Å². The smallest absolute Gasteiger partial charge is 0.120 e. The van der Waals surface area contributed by atoms with Crippen molar-refractivity contribution in [2.24, 2.45) is 5.18 Å². The van der Waals surface area contributed by atoms with Crippen LogP contribution in [0, 0.1) is 4.91 Å². The summed E-state index contributed by atoms with van der Waals surface area (Å²) in [7, 11) is 0. The lowest BCUT2D eigenvalue weighted by Crippen LogP contribution is -2.23. The third kappa shape index (κ3) is 13.8. The van der Waals surface area contributed by atoms with Crippen molar-refractivity contribution < 1.29 is 4.74 Å². The molecule has 0 radical (unpaired) electrons. The Kier molecular flexibility index (Phi) is 12.3. The Morgan fingerprint density at radius 1 is 0.842 bits per heavy atom. The van der Waals surface area contributed by atoms with Gasteiger partial charge in [-0.1, -0.05) is 69.9 Å². The summed E-state index contributed by atoms with van der Waals surface area (Å²) in [6, 6.07) is 0. The minimum Gasteiger partial charge on any atom is -0.379 e. The molecule has 0 aromatic carbocycles. The molecule has 0 aliphatic rings. The normalized spacial score (nSPS) is 11.7. The molecule has 0 spiro atoms. The lowest BCUT2D eigenvalue weighted by Gasteiger charge is -2.14. The van der Waals surface area contributed by atoms with Crippen LogP contribution in [0.5, 0.6) is 0 Å². The third-order valence-corrected chi connectivity index (χ3v) is 3.34. The van der Waals surface area contributed by atoms with E-state index in [1.54, 1.807) is 13.8 Å². The summed E-state index contributed by atoms with van der Waals surface area (Å²) in [6.45, 7) is 7.06. The van der Waals surface area contributed by atoms with Gasteiger partial charge in [0, 0.05) is 6.61 Å². The maximum Gasteiger partial charge on any atom is 0.120 e. The molecule has 19 heavy (non-hydrogen) atoms. The molecule has 114 valence electrons. The monoisotopic (exact) mass is 271 g/mol. The molecule has 0 saturated carbocycles. The predicted molar refractivity (Wildman–Crippen MR) is 82.5 cm³/mol. The third-order valence-electron chi connectivity index (χ3n) is 3.34. The number of nitrogens with zero attached hydrogens (tertiary/aromatic N) is 1. The minimum atomic E-state index is -0.571. The van der Waals surface area contributed by atoms with E-state index in [1.807, 2.05) is 0 Å². The van der Waals surface area contributed by atoms with Gasteiger partial charge >= 0.3 is 0 Å². The molecule has 0 rings (SSSR count). The van der Waals surface area contributed by atoms with E-state index in [4.69, 9.17) is 4.74 Å². The summed E-state index contributed by atoms with van der Waals surface area (Å²) in [5, 5.41) is 3.03. The first-order valence-corrected chi connectivity index (χ1v) is 8.04. The van der Waals surface area contributed by atoms with Gasteiger partial charge in [0.05, 0.1) is 6.61 Å². The van der Waals surface area contributed by atoms with E-state index in [0.717, 1.165) is 13.0 Å². The Hall–Kier alpha value is -0.440. The second kappa shape index (κ2) is 12.6. The lowest BCUT2D eigenvalue weighted by atomic mass is 10.1. The number of nitroso groups, excluding NO2 is 1. The summed E-state index contributed by atoms with van der Waals surface area (Å²) in [4.78, 5) is 10.4. The highest BCUT2D eigenvalue weighted by atomic mass is 16.5. The van der Waals surface area contributed by atoms with Crippen molar-refractivity contribution >= 4 is 0 Å². The summed E-state index contributed by atoms with van der Waals surface area (Å²) < 4.78 is 5.47. The standard InChI is InChI=1S/C16H33NO2/c1-4-5-6-7-8-9-10-11-12-13-14-19-15-16(2,3)17-18/h4-15H2,1-3H3. The first-order valence-electron chi connectivity index (χ1n) is 8.04. The van der Waals surface area contributed by atoms with Gasteiger partial charge in [0.25, 0.3) is 0 Å². The van der Waals surface area contributed by atoms with Crippen LogP contribution < -0.4 is 0 Å². The fourth-order valence-electron chi connectivity index (χ4n) is 2.04. The number of hydrogen-bond acceptors (Lipinski definition) is 3. The van der Waals surface area contributed by atoms with Crippen LogP contribution in [0.25, 0.3) is 0 Å². The number of rotatable bonds is 14. The van der Waals surface area contributed by atoms with Crippen molar-refractivity contribution in [1.29, 1.82) is 0 Å². The molecule has 0 saturated heterocycles. The van der Waals surface area contributed by atoms with Crippen LogP contribution in [-0.2, 0) is 4.74 Å². The number of ether oxygens (including phenoxy) is 1. The molecule has 3 heteroatoms. The lowest BCUT2D eigenvalue weighted by molar-refractivity contribution is 0.0942. The summed E-state index contributed by atoms with van der Waals surface area (Å²) in [6.07, 6.45) is 13.3. The molecule has 0 unspecified atom stereocenters. The van der Waals surface area contributed by atoms with E-state index >= 15 is 0 Å². The molecule has 0 atom stereocenters. The average Bonchev–Trinajstić information content (AvgIpc) is 2.40. The zero-order valence-corrected chi connectivity index (χ0v) is 13.2. The van der Waals surface area contributed by atoms with Gasteiger partial charge in [-0.2, -0.15) is 4.91 Å². The van der Waals surface area contributed by atoms with Crippen LogP contribution in [-0.4, -0.2) is 18.8 Å². The van der Waals surface area contributed by atoms with Gasteiger partial charge < -0.3 is 4.74 Å². The average molecular weight is 271 g/mol. The van der Waals surface area contributed by atoms with E-state index in [1.165, 1.54) is 57.8 Å². The van der Waals surface area contributed by atoms with Gasteiger partial charge in [-0.25, -0.2) is 0 Å². The minimum absolute atomic E-state index is 0.438. The van der Waals surface area contributed by atoms with Gasteiger partial charge in [0.15, 0.2) is 0 Å². The molecule has 0 aliphatic carbocycles. The molecular formula is C16H33NO2. The van der Waals surface area contributed by atoms with Crippen LogP contribution in [0.1, 0.15) is 85.0 Å². The molecule has 0 fully saturated rings. The Bertz CT molecular complexity index is 205. The van der Waals surface area contributed by atoms with Crippen molar-refractivity contribution in [2.75, 3.05) is 13.2 Å². The van der Waals surface area contributed by atoms with Gasteiger partial charge in [0.1, 0.15) is 5.54 Å². The predicted octanol–water partition coefficient (Wildman–Crippen LogP) is 5.47. The van der Waals surface area contributed by atoms with Crippen LogP contribution in [0.4, 0.5) is 0 Å².